The fourth-order valence-corrected chi connectivity index (χ4v) is 2.45. The lowest BCUT2D eigenvalue weighted by Crippen LogP contribution is -2.32. The van der Waals surface area contributed by atoms with Gasteiger partial charge in [0, 0.05) is 5.69 Å². The second kappa shape index (κ2) is 9.93. The van der Waals surface area contributed by atoms with E-state index in [1.807, 2.05) is 19.1 Å². The standard InChI is InChI=1S/C23H18FN3O4/c1-15-6-10-17(11-7-15)26-21(28)22(29)27-25-14-16-8-12-18(13-9-16)31-23(30)19-4-2-3-5-20(19)24/h2-14H,1H3,(H,26,28)(H,27,29)/b25-14+. The van der Waals surface area contributed by atoms with Gasteiger partial charge in [-0.25, -0.2) is 14.6 Å². The van der Waals surface area contributed by atoms with Crippen molar-refractivity contribution >= 4 is 29.7 Å². The van der Waals surface area contributed by atoms with Gasteiger partial charge in [-0.1, -0.05) is 29.8 Å². The van der Waals surface area contributed by atoms with Crippen LogP contribution in [0, 0.1) is 12.7 Å². The number of carbonyl (C=O) groups excluding carboxylic acids is 3. The van der Waals surface area contributed by atoms with Crippen molar-refractivity contribution in [1.82, 2.24) is 5.43 Å². The Morgan fingerprint density at radius 1 is 0.903 bits per heavy atom. The summed E-state index contributed by atoms with van der Waals surface area (Å²) >= 11 is 0. The molecule has 0 aliphatic carbocycles. The van der Waals surface area contributed by atoms with Crippen LogP contribution >= 0.6 is 0 Å². The van der Waals surface area contributed by atoms with Crippen LogP contribution in [0.4, 0.5) is 10.1 Å². The van der Waals surface area contributed by atoms with E-state index in [0.717, 1.165) is 5.56 Å². The van der Waals surface area contributed by atoms with Gasteiger partial charge in [-0.15, -0.1) is 0 Å². The molecule has 0 aliphatic heterocycles. The van der Waals surface area contributed by atoms with Crippen molar-refractivity contribution in [3.63, 3.8) is 0 Å². The Bertz CT molecular complexity index is 1130. The number of ether oxygens (including phenoxy) is 1. The molecule has 3 rings (SSSR count). The molecule has 0 radical (unpaired) electrons. The maximum atomic E-state index is 13.6. The Balaban J connectivity index is 1.51. The van der Waals surface area contributed by atoms with Gasteiger partial charge in [0.15, 0.2) is 0 Å². The smallest absolute Gasteiger partial charge is 0.346 e. The van der Waals surface area contributed by atoms with Crippen molar-refractivity contribution in [3.8, 4) is 5.75 Å². The maximum Gasteiger partial charge on any atom is 0.346 e. The van der Waals surface area contributed by atoms with Crippen LogP contribution in [0.3, 0.4) is 0 Å². The van der Waals surface area contributed by atoms with Crippen LogP contribution in [0.15, 0.2) is 77.9 Å². The minimum atomic E-state index is -0.924. The van der Waals surface area contributed by atoms with Gasteiger partial charge in [0.05, 0.1) is 11.8 Å². The third kappa shape index (κ3) is 6.07. The first kappa shape index (κ1) is 21.4. The van der Waals surface area contributed by atoms with Gasteiger partial charge in [-0.3, -0.25) is 9.59 Å². The Hall–Kier alpha value is -4.33. The molecule has 156 valence electrons. The summed E-state index contributed by atoms with van der Waals surface area (Å²) < 4.78 is 18.8. The van der Waals surface area contributed by atoms with Gasteiger partial charge in [0.2, 0.25) is 0 Å². The molecule has 0 saturated heterocycles. The van der Waals surface area contributed by atoms with Gasteiger partial charge in [-0.05, 0) is 61.0 Å². The topological polar surface area (TPSA) is 96.9 Å². The lowest BCUT2D eigenvalue weighted by Gasteiger charge is -2.05. The molecule has 0 unspecified atom stereocenters. The minimum Gasteiger partial charge on any atom is -0.423 e. The van der Waals surface area contributed by atoms with Gasteiger partial charge in [-0.2, -0.15) is 5.10 Å². The van der Waals surface area contributed by atoms with Crippen LogP contribution < -0.4 is 15.5 Å². The number of carbonyl (C=O) groups is 3. The van der Waals surface area contributed by atoms with E-state index in [1.165, 1.54) is 42.6 Å². The highest BCUT2D eigenvalue weighted by molar-refractivity contribution is 6.39. The van der Waals surface area contributed by atoms with Crippen molar-refractivity contribution in [2.45, 2.75) is 6.92 Å². The molecule has 31 heavy (non-hydrogen) atoms. The van der Waals surface area contributed by atoms with Crippen molar-refractivity contribution in [2.24, 2.45) is 5.10 Å². The van der Waals surface area contributed by atoms with E-state index in [9.17, 15) is 18.8 Å². The largest absolute Gasteiger partial charge is 0.423 e. The number of nitrogens with one attached hydrogen (secondary N) is 2. The average Bonchev–Trinajstić information content (AvgIpc) is 2.76. The van der Waals surface area contributed by atoms with Gasteiger partial charge in [0.25, 0.3) is 0 Å². The summed E-state index contributed by atoms with van der Waals surface area (Å²) in [7, 11) is 0. The zero-order valence-corrected chi connectivity index (χ0v) is 16.5. The molecular weight excluding hydrogens is 401 g/mol. The molecule has 0 heterocycles. The molecule has 0 atom stereocenters. The molecular formula is C23H18FN3O4. The minimum absolute atomic E-state index is 0.167. The van der Waals surface area contributed by atoms with Crippen LogP contribution in [-0.2, 0) is 9.59 Å². The number of esters is 1. The van der Waals surface area contributed by atoms with Crippen molar-refractivity contribution in [2.75, 3.05) is 5.32 Å². The maximum absolute atomic E-state index is 13.6. The molecule has 7 nitrogen and oxygen atoms in total. The quantitative estimate of drug-likeness (QED) is 0.218. The molecule has 0 saturated carbocycles. The predicted molar refractivity (Wildman–Crippen MR) is 113 cm³/mol. The first-order valence-electron chi connectivity index (χ1n) is 9.20. The number of nitrogens with zero attached hydrogens (tertiary/aromatic N) is 1. The SMILES string of the molecule is Cc1ccc(NC(=O)C(=O)N/N=C/c2ccc(OC(=O)c3ccccc3F)cc2)cc1. The molecule has 3 aromatic carbocycles. The van der Waals surface area contributed by atoms with E-state index < -0.39 is 23.6 Å². The van der Waals surface area contributed by atoms with E-state index in [0.29, 0.717) is 11.3 Å². The van der Waals surface area contributed by atoms with E-state index in [1.54, 1.807) is 24.3 Å². The normalized spacial score (nSPS) is 10.5. The molecule has 2 N–H and O–H groups in total. The monoisotopic (exact) mass is 419 g/mol. The van der Waals surface area contributed by atoms with Gasteiger partial charge < -0.3 is 10.1 Å². The summed E-state index contributed by atoms with van der Waals surface area (Å²) in [5.74, 6) is -3.04. The number of hydrazone groups is 1. The third-order valence-corrected chi connectivity index (χ3v) is 4.08. The first-order valence-corrected chi connectivity index (χ1v) is 9.20. The number of hydrogen-bond acceptors (Lipinski definition) is 5. The summed E-state index contributed by atoms with van der Waals surface area (Å²) in [6.45, 7) is 1.91. The number of hydrogen-bond donors (Lipinski definition) is 2. The van der Waals surface area contributed by atoms with Crippen LogP contribution in [0.2, 0.25) is 0 Å². The second-order valence-electron chi connectivity index (χ2n) is 6.46. The Morgan fingerprint density at radius 3 is 2.26 bits per heavy atom. The molecule has 0 aliphatic rings. The van der Waals surface area contributed by atoms with Crippen molar-refractivity contribution < 1.29 is 23.5 Å². The number of aryl methyl sites for hydroxylation is 1. The van der Waals surface area contributed by atoms with Crippen LogP contribution in [-0.4, -0.2) is 24.0 Å². The van der Waals surface area contributed by atoms with Crippen LogP contribution in [0.25, 0.3) is 0 Å². The number of amides is 2. The average molecular weight is 419 g/mol. The van der Waals surface area contributed by atoms with Crippen molar-refractivity contribution in [1.29, 1.82) is 0 Å². The fraction of sp³-hybridized carbons (Fsp3) is 0.0435. The Morgan fingerprint density at radius 2 is 1.58 bits per heavy atom. The van der Waals surface area contributed by atoms with E-state index in [2.05, 4.69) is 15.8 Å². The van der Waals surface area contributed by atoms with Crippen LogP contribution in [0.5, 0.6) is 5.75 Å². The highest BCUT2D eigenvalue weighted by Gasteiger charge is 2.14. The molecule has 0 aromatic heterocycles. The molecule has 0 spiro atoms. The molecule has 3 aromatic rings. The number of benzene rings is 3. The van der Waals surface area contributed by atoms with Crippen LogP contribution in [0.1, 0.15) is 21.5 Å². The highest BCUT2D eigenvalue weighted by atomic mass is 19.1. The van der Waals surface area contributed by atoms with E-state index in [4.69, 9.17) is 4.74 Å². The number of rotatable bonds is 5. The summed E-state index contributed by atoms with van der Waals surface area (Å²) in [4.78, 5) is 35.7. The summed E-state index contributed by atoms with van der Waals surface area (Å²) in [6.07, 6.45) is 1.32. The highest BCUT2D eigenvalue weighted by Crippen LogP contribution is 2.15. The molecule has 0 bridgehead atoms. The third-order valence-electron chi connectivity index (χ3n) is 4.08. The van der Waals surface area contributed by atoms with E-state index in [-0.39, 0.29) is 11.3 Å². The molecule has 8 heteroatoms. The fourth-order valence-electron chi connectivity index (χ4n) is 2.45. The predicted octanol–water partition coefficient (Wildman–Crippen LogP) is 3.44. The van der Waals surface area contributed by atoms with Gasteiger partial charge >= 0.3 is 17.8 Å². The summed E-state index contributed by atoms with van der Waals surface area (Å²) in [6, 6.07) is 18.6. The lowest BCUT2D eigenvalue weighted by atomic mass is 10.2. The molecule has 2 amide bonds. The zero-order chi connectivity index (χ0) is 22.2. The Kier molecular flexibility index (Phi) is 6.85. The lowest BCUT2D eigenvalue weighted by molar-refractivity contribution is -0.136. The second-order valence-corrected chi connectivity index (χ2v) is 6.46. The van der Waals surface area contributed by atoms with Gasteiger partial charge in [0.1, 0.15) is 11.6 Å². The van der Waals surface area contributed by atoms with E-state index >= 15 is 0 Å². The summed E-state index contributed by atoms with van der Waals surface area (Å²) in [5.41, 5.74) is 4.06. The Labute approximate surface area is 177 Å². The first-order chi connectivity index (χ1) is 14.9. The zero-order valence-electron chi connectivity index (χ0n) is 16.5. The summed E-state index contributed by atoms with van der Waals surface area (Å²) in [5, 5.41) is 6.19. The molecule has 0 fully saturated rings. The number of halogens is 1. The number of anilines is 1. The van der Waals surface area contributed by atoms with Crippen molar-refractivity contribution in [3.05, 3.63) is 95.3 Å².